The van der Waals surface area contributed by atoms with Crippen molar-refractivity contribution in [3.8, 4) is 22.5 Å². The summed E-state index contributed by atoms with van der Waals surface area (Å²) in [5.41, 5.74) is 13.6. The molecule has 168 valence electrons. The van der Waals surface area contributed by atoms with Crippen LogP contribution in [0, 0.1) is 0 Å². The van der Waals surface area contributed by atoms with Gasteiger partial charge in [-0.25, -0.2) is 4.79 Å². The molecule has 2 aromatic carbocycles. The number of nitrogen functional groups attached to an aromatic ring is 1. The van der Waals surface area contributed by atoms with Crippen molar-refractivity contribution in [1.82, 2.24) is 14.9 Å². The molecule has 6 nitrogen and oxygen atoms in total. The van der Waals surface area contributed by atoms with E-state index >= 15 is 0 Å². The Hall–Kier alpha value is -3.80. The van der Waals surface area contributed by atoms with E-state index in [1.54, 1.807) is 0 Å². The van der Waals surface area contributed by atoms with Crippen molar-refractivity contribution in [2.45, 2.75) is 45.2 Å². The second-order valence-electron chi connectivity index (χ2n) is 8.99. The lowest BCUT2D eigenvalue weighted by Crippen LogP contribution is -2.34. The molecule has 5 rings (SSSR count). The highest BCUT2D eigenvalue weighted by Crippen LogP contribution is 2.44. The van der Waals surface area contributed by atoms with Crippen LogP contribution in [0.4, 0.5) is 16.2 Å². The monoisotopic (exact) mass is 439 g/mol. The third-order valence-corrected chi connectivity index (χ3v) is 6.28. The number of carbonyl (C=O) groups excluding carboxylic acids is 1. The molecule has 0 atom stereocenters. The molecule has 0 bridgehead atoms. The van der Waals surface area contributed by atoms with Gasteiger partial charge >= 0.3 is 6.03 Å². The fourth-order valence-electron chi connectivity index (χ4n) is 4.49. The Morgan fingerprint density at radius 3 is 2.45 bits per heavy atom. The van der Waals surface area contributed by atoms with E-state index in [2.05, 4.69) is 38.4 Å². The Morgan fingerprint density at radius 1 is 1.06 bits per heavy atom. The van der Waals surface area contributed by atoms with Crippen molar-refractivity contribution >= 4 is 28.3 Å². The Bertz CT molecular complexity index is 1290. The number of nitrogens with one attached hydrogen (secondary N) is 2. The van der Waals surface area contributed by atoms with Gasteiger partial charge in [0.15, 0.2) is 0 Å². The zero-order valence-electron chi connectivity index (χ0n) is 19.0. The van der Waals surface area contributed by atoms with E-state index < -0.39 is 0 Å². The minimum absolute atomic E-state index is 0.0817. The van der Waals surface area contributed by atoms with Crippen LogP contribution in [0.1, 0.15) is 39.2 Å². The fourth-order valence-corrected chi connectivity index (χ4v) is 4.49. The summed E-state index contributed by atoms with van der Waals surface area (Å²) < 4.78 is 2.41. The smallest absolute Gasteiger partial charge is 0.319 e. The molecule has 0 aliphatic heterocycles. The van der Waals surface area contributed by atoms with Crippen LogP contribution >= 0.6 is 0 Å². The Morgan fingerprint density at radius 2 is 1.82 bits per heavy atom. The van der Waals surface area contributed by atoms with Gasteiger partial charge in [-0.2, -0.15) is 0 Å². The first-order valence-electron chi connectivity index (χ1n) is 11.5. The minimum Gasteiger partial charge on any atom is -0.396 e. The molecular formula is C27H29N5O. The Balaban J connectivity index is 1.56. The fraction of sp³-hybridized carbons (Fsp3) is 0.259. The van der Waals surface area contributed by atoms with Crippen molar-refractivity contribution in [2.75, 3.05) is 11.1 Å². The van der Waals surface area contributed by atoms with Crippen molar-refractivity contribution < 1.29 is 4.79 Å². The van der Waals surface area contributed by atoms with Crippen LogP contribution < -0.4 is 16.4 Å². The lowest BCUT2D eigenvalue weighted by Gasteiger charge is -2.30. The summed E-state index contributed by atoms with van der Waals surface area (Å²) in [4.78, 5) is 16.6. The van der Waals surface area contributed by atoms with E-state index in [0.717, 1.165) is 57.6 Å². The molecule has 0 saturated heterocycles. The van der Waals surface area contributed by atoms with Crippen LogP contribution in [-0.4, -0.2) is 21.6 Å². The van der Waals surface area contributed by atoms with Crippen LogP contribution in [0.3, 0.4) is 0 Å². The van der Waals surface area contributed by atoms with Gasteiger partial charge < -0.3 is 20.9 Å². The molecule has 2 amide bonds. The second kappa shape index (κ2) is 8.62. The maximum atomic E-state index is 12.0. The van der Waals surface area contributed by atoms with Gasteiger partial charge in [0.1, 0.15) is 0 Å². The summed E-state index contributed by atoms with van der Waals surface area (Å²) in [7, 11) is 0. The summed E-state index contributed by atoms with van der Waals surface area (Å²) in [6.45, 7) is 3.87. The third-order valence-electron chi connectivity index (χ3n) is 6.28. The molecular weight excluding hydrogens is 410 g/mol. The second-order valence-corrected chi connectivity index (χ2v) is 8.99. The van der Waals surface area contributed by atoms with Gasteiger partial charge in [-0.15, -0.1) is 0 Å². The third kappa shape index (κ3) is 4.04. The molecule has 2 aromatic heterocycles. The molecule has 0 spiro atoms. The van der Waals surface area contributed by atoms with Crippen LogP contribution in [-0.2, 0) is 0 Å². The molecule has 0 radical (unpaired) electrons. The highest BCUT2D eigenvalue weighted by atomic mass is 16.2. The van der Waals surface area contributed by atoms with Gasteiger partial charge in [-0.05, 0) is 63.4 Å². The summed E-state index contributed by atoms with van der Waals surface area (Å²) in [6, 6.07) is 20.6. The SMILES string of the molecule is CC(C)NC(=O)Nc1ccc(-c2c(N)c3ccc(-c4ccccn4)cc3n2C2CCC2)cc1. The number of fused-ring (bicyclic) bond motifs is 1. The minimum atomic E-state index is -0.206. The molecule has 1 fully saturated rings. The number of hydrogen-bond donors (Lipinski definition) is 3. The van der Waals surface area contributed by atoms with Gasteiger partial charge in [-0.3, -0.25) is 4.98 Å². The molecule has 1 saturated carbocycles. The average Bonchev–Trinajstić information content (AvgIpc) is 3.05. The Kier molecular flexibility index (Phi) is 5.50. The molecule has 0 unspecified atom stereocenters. The number of benzene rings is 2. The first-order chi connectivity index (χ1) is 16.0. The van der Waals surface area contributed by atoms with Crippen LogP contribution in [0.2, 0.25) is 0 Å². The van der Waals surface area contributed by atoms with E-state index in [9.17, 15) is 4.79 Å². The number of urea groups is 1. The van der Waals surface area contributed by atoms with Crippen molar-refractivity contribution in [2.24, 2.45) is 0 Å². The highest BCUT2D eigenvalue weighted by molar-refractivity contribution is 6.02. The first-order valence-corrected chi connectivity index (χ1v) is 11.5. The number of aromatic nitrogens is 2. The first kappa shape index (κ1) is 21.1. The molecule has 4 aromatic rings. The van der Waals surface area contributed by atoms with E-state index in [4.69, 9.17) is 5.73 Å². The van der Waals surface area contributed by atoms with Gasteiger partial charge in [0.25, 0.3) is 0 Å². The maximum absolute atomic E-state index is 12.0. The van der Waals surface area contributed by atoms with Crippen LogP contribution in [0.25, 0.3) is 33.4 Å². The predicted octanol–water partition coefficient (Wildman–Crippen LogP) is 6.21. The van der Waals surface area contributed by atoms with Crippen molar-refractivity contribution in [1.29, 1.82) is 0 Å². The van der Waals surface area contributed by atoms with E-state index in [-0.39, 0.29) is 12.1 Å². The molecule has 33 heavy (non-hydrogen) atoms. The van der Waals surface area contributed by atoms with Crippen LogP contribution in [0.5, 0.6) is 0 Å². The standard InChI is InChI=1S/C27H29N5O/c1-17(2)30-27(33)31-20-12-9-18(10-13-20)26-25(28)22-14-11-19(23-8-3-4-15-29-23)16-24(22)32(26)21-6-5-7-21/h3-4,8-17,21H,5-7,28H2,1-2H3,(H2,30,31,33). The number of hydrogen-bond acceptors (Lipinski definition) is 3. The Labute approximate surface area is 193 Å². The topological polar surface area (TPSA) is 85.0 Å². The molecule has 1 aliphatic rings. The summed E-state index contributed by atoms with van der Waals surface area (Å²) in [6.07, 6.45) is 5.36. The average molecular weight is 440 g/mol. The zero-order valence-corrected chi connectivity index (χ0v) is 19.0. The van der Waals surface area contributed by atoms with Gasteiger partial charge in [0.05, 0.1) is 22.6 Å². The number of rotatable bonds is 5. The lowest BCUT2D eigenvalue weighted by atomic mass is 9.92. The van der Waals surface area contributed by atoms with E-state index in [0.29, 0.717) is 6.04 Å². The maximum Gasteiger partial charge on any atom is 0.319 e. The summed E-state index contributed by atoms with van der Waals surface area (Å²) >= 11 is 0. The summed E-state index contributed by atoms with van der Waals surface area (Å²) in [5.74, 6) is 0. The summed E-state index contributed by atoms with van der Waals surface area (Å²) in [5, 5.41) is 6.79. The molecule has 2 heterocycles. The zero-order chi connectivity index (χ0) is 22.9. The predicted molar refractivity (Wildman–Crippen MR) is 135 cm³/mol. The number of nitrogens with two attached hydrogens (primary N) is 1. The van der Waals surface area contributed by atoms with Crippen molar-refractivity contribution in [3.05, 3.63) is 66.9 Å². The molecule has 1 aliphatic carbocycles. The molecule has 4 N–H and O–H groups in total. The van der Waals surface area contributed by atoms with Gasteiger partial charge in [0, 0.05) is 40.5 Å². The number of pyridine rings is 1. The van der Waals surface area contributed by atoms with Gasteiger partial charge in [0.2, 0.25) is 0 Å². The highest BCUT2D eigenvalue weighted by Gasteiger charge is 2.27. The lowest BCUT2D eigenvalue weighted by molar-refractivity contribution is 0.250. The number of anilines is 2. The van der Waals surface area contributed by atoms with E-state index in [1.165, 1.54) is 6.42 Å². The number of amides is 2. The van der Waals surface area contributed by atoms with Gasteiger partial charge in [-0.1, -0.05) is 30.3 Å². The van der Waals surface area contributed by atoms with Crippen LogP contribution in [0.15, 0.2) is 66.9 Å². The van der Waals surface area contributed by atoms with Crippen molar-refractivity contribution in [3.63, 3.8) is 0 Å². The number of nitrogens with zero attached hydrogens (tertiary/aromatic N) is 2. The largest absolute Gasteiger partial charge is 0.396 e. The normalized spacial score (nSPS) is 13.8. The number of carbonyl (C=O) groups is 1. The molecule has 6 heteroatoms. The quantitative estimate of drug-likeness (QED) is 0.346. The van der Waals surface area contributed by atoms with E-state index in [1.807, 2.05) is 62.5 Å².